The first-order chi connectivity index (χ1) is 15.9. The molecule has 0 spiro atoms. The number of anilines is 1. The first-order valence-electron chi connectivity index (χ1n) is 11.9. The number of alkyl halides is 2. The fraction of sp³-hybridized carbons (Fsp3) is 0.583. The number of morpholine rings is 1. The SMILES string of the molecule is Cc1ccc2c(C3CCC(F)(F)CC3)nc(N3CCO[C@H](c4cnn(C5CC5)c4)C3)nc2n1. The summed E-state index contributed by atoms with van der Waals surface area (Å²) in [5.74, 6) is -1.97. The van der Waals surface area contributed by atoms with Gasteiger partial charge in [-0.25, -0.2) is 18.7 Å². The summed E-state index contributed by atoms with van der Waals surface area (Å²) in [6, 6.07) is 4.45. The van der Waals surface area contributed by atoms with Gasteiger partial charge in [-0.1, -0.05) is 0 Å². The molecule has 4 heterocycles. The van der Waals surface area contributed by atoms with E-state index in [2.05, 4.69) is 21.2 Å². The molecule has 0 amide bonds. The number of rotatable bonds is 4. The number of aryl methyl sites for hydroxylation is 1. The Bertz CT molecular complexity index is 1170. The normalized spacial score (nSPS) is 23.8. The third-order valence-corrected chi connectivity index (χ3v) is 7.08. The van der Waals surface area contributed by atoms with E-state index in [1.165, 1.54) is 12.8 Å². The maximum atomic E-state index is 13.8. The summed E-state index contributed by atoms with van der Waals surface area (Å²) in [6.07, 6.45) is 6.92. The van der Waals surface area contributed by atoms with Crippen molar-refractivity contribution in [1.29, 1.82) is 0 Å². The molecule has 3 aliphatic rings. The molecule has 3 fully saturated rings. The van der Waals surface area contributed by atoms with E-state index in [1.54, 1.807) is 0 Å². The molecule has 1 aliphatic heterocycles. The van der Waals surface area contributed by atoms with Crippen molar-refractivity contribution in [2.24, 2.45) is 0 Å². The molecule has 0 radical (unpaired) electrons. The van der Waals surface area contributed by atoms with Crippen molar-refractivity contribution in [2.75, 3.05) is 24.6 Å². The van der Waals surface area contributed by atoms with Crippen LogP contribution in [0.15, 0.2) is 24.5 Å². The lowest BCUT2D eigenvalue weighted by Crippen LogP contribution is -2.39. The van der Waals surface area contributed by atoms with Crippen molar-refractivity contribution in [1.82, 2.24) is 24.7 Å². The average molecular weight is 455 g/mol. The van der Waals surface area contributed by atoms with Crippen LogP contribution in [-0.2, 0) is 4.74 Å². The lowest BCUT2D eigenvalue weighted by atomic mass is 9.83. The number of hydrogen-bond donors (Lipinski definition) is 0. The number of pyridine rings is 1. The second-order valence-electron chi connectivity index (χ2n) is 9.65. The molecular formula is C24H28F2N6O. The van der Waals surface area contributed by atoms with E-state index in [9.17, 15) is 8.78 Å². The van der Waals surface area contributed by atoms with Crippen LogP contribution < -0.4 is 4.90 Å². The number of fused-ring (bicyclic) bond motifs is 1. The minimum atomic E-state index is -2.57. The fourth-order valence-corrected chi connectivity index (χ4v) is 4.97. The van der Waals surface area contributed by atoms with Crippen LogP contribution in [0.3, 0.4) is 0 Å². The van der Waals surface area contributed by atoms with Gasteiger partial charge in [0.1, 0.15) is 6.10 Å². The van der Waals surface area contributed by atoms with Crippen LogP contribution in [0.25, 0.3) is 11.0 Å². The van der Waals surface area contributed by atoms with Crippen molar-refractivity contribution >= 4 is 17.0 Å². The third-order valence-electron chi connectivity index (χ3n) is 7.08. The molecule has 174 valence electrons. The van der Waals surface area contributed by atoms with Crippen molar-refractivity contribution < 1.29 is 13.5 Å². The van der Waals surface area contributed by atoms with E-state index in [1.807, 2.05) is 29.9 Å². The molecule has 6 rings (SSSR count). The van der Waals surface area contributed by atoms with Gasteiger partial charge < -0.3 is 9.64 Å². The van der Waals surface area contributed by atoms with Gasteiger partial charge in [-0.3, -0.25) is 4.68 Å². The van der Waals surface area contributed by atoms with E-state index in [0.29, 0.717) is 50.2 Å². The highest BCUT2D eigenvalue weighted by Crippen LogP contribution is 2.42. The van der Waals surface area contributed by atoms with E-state index < -0.39 is 5.92 Å². The highest BCUT2D eigenvalue weighted by atomic mass is 19.3. The van der Waals surface area contributed by atoms with Crippen LogP contribution in [0.5, 0.6) is 0 Å². The van der Waals surface area contributed by atoms with Crippen LogP contribution >= 0.6 is 0 Å². The van der Waals surface area contributed by atoms with Gasteiger partial charge in [-0.2, -0.15) is 10.1 Å². The van der Waals surface area contributed by atoms with Gasteiger partial charge in [-0.05, 0) is 44.7 Å². The molecular weight excluding hydrogens is 426 g/mol. The van der Waals surface area contributed by atoms with Crippen LogP contribution in [0.1, 0.15) is 73.5 Å². The highest BCUT2D eigenvalue weighted by molar-refractivity contribution is 5.79. The number of halogens is 2. The Kier molecular flexibility index (Phi) is 5.05. The molecule has 33 heavy (non-hydrogen) atoms. The van der Waals surface area contributed by atoms with E-state index in [0.717, 1.165) is 22.3 Å². The van der Waals surface area contributed by atoms with Crippen LogP contribution in [-0.4, -0.2) is 50.4 Å². The Hall–Kier alpha value is -2.68. The summed E-state index contributed by atoms with van der Waals surface area (Å²) in [4.78, 5) is 16.5. The summed E-state index contributed by atoms with van der Waals surface area (Å²) in [5, 5.41) is 5.37. The van der Waals surface area contributed by atoms with Gasteiger partial charge in [0.2, 0.25) is 11.9 Å². The summed E-state index contributed by atoms with van der Waals surface area (Å²) in [6.45, 7) is 3.79. The Morgan fingerprint density at radius 3 is 2.67 bits per heavy atom. The molecule has 0 bridgehead atoms. The monoisotopic (exact) mass is 454 g/mol. The Morgan fingerprint density at radius 2 is 1.88 bits per heavy atom. The molecule has 0 aromatic carbocycles. The quantitative estimate of drug-likeness (QED) is 0.568. The molecule has 2 saturated carbocycles. The van der Waals surface area contributed by atoms with Crippen molar-refractivity contribution in [2.45, 2.75) is 69.4 Å². The van der Waals surface area contributed by atoms with E-state index in [4.69, 9.17) is 14.7 Å². The molecule has 2 aliphatic carbocycles. The second-order valence-corrected chi connectivity index (χ2v) is 9.65. The largest absolute Gasteiger partial charge is 0.370 e. The second kappa shape index (κ2) is 7.97. The summed E-state index contributed by atoms with van der Waals surface area (Å²) < 4.78 is 35.7. The Balaban J connectivity index is 1.31. The minimum Gasteiger partial charge on any atom is -0.370 e. The van der Waals surface area contributed by atoms with Crippen molar-refractivity contribution in [3.8, 4) is 0 Å². The molecule has 3 aromatic heterocycles. The van der Waals surface area contributed by atoms with E-state index >= 15 is 0 Å². The van der Waals surface area contributed by atoms with Gasteiger partial charge in [-0.15, -0.1) is 0 Å². The molecule has 0 unspecified atom stereocenters. The molecule has 1 saturated heterocycles. The van der Waals surface area contributed by atoms with Gasteiger partial charge >= 0.3 is 0 Å². The predicted octanol–water partition coefficient (Wildman–Crippen LogP) is 4.74. The topological polar surface area (TPSA) is 69.0 Å². The third kappa shape index (κ3) is 4.18. The summed E-state index contributed by atoms with van der Waals surface area (Å²) in [7, 11) is 0. The smallest absolute Gasteiger partial charge is 0.248 e. The van der Waals surface area contributed by atoms with Gasteiger partial charge in [0, 0.05) is 48.1 Å². The summed E-state index contributed by atoms with van der Waals surface area (Å²) in [5.41, 5.74) is 3.43. The number of aromatic nitrogens is 5. The molecule has 9 heteroatoms. The molecule has 1 atom stereocenters. The van der Waals surface area contributed by atoms with Crippen molar-refractivity contribution in [3.05, 3.63) is 41.5 Å². The first kappa shape index (κ1) is 20.9. The van der Waals surface area contributed by atoms with Gasteiger partial charge in [0.25, 0.3) is 0 Å². The van der Waals surface area contributed by atoms with Crippen molar-refractivity contribution in [3.63, 3.8) is 0 Å². The minimum absolute atomic E-state index is 0.00741. The molecule has 3 aromatic rings. The summed E-state index contributed by atoms with van der Waals surface area (Å²) >= 11 is 0. The Labute approximate surface area is 191 Å². The average Bonchev–Trinajstić information content (AvgIpc) is 3.54. The van der Waals surface area contributed by atoms with Crippen LogP contribution in [0.4, 0.5) is 14.7 Å². The fourth-order valence-electron chi connectivity index (χ4n) is 4.97. The standard InChI is InChI=1S/C24H28F2N6O/c1-15-2-5-19-21(16-6-8-24(25,26)9-7-16)29-23(30-22(19)28-15)31-10-11-33-20(14-31)17-12-27-32(13-17)18-3-4-18/h2,5,12-13,16,18,20H,3-4,6-11,14H2,1H3/t20-/m0/s1. The highest BCUT2D eigenvalue weighted by Gasteiger charge is 2.37. The maximum absolute atomic E-state index is 13.8. The maximum Gasteiger partial charge on any atom is 0.248 e. The zero-order chi connectivity index (χ0) is 22.6. The number of nitrogens with zero attached hydrogens (tertiary/aromatic N) is 6. The molecule has 0 N–H and O–H groups in total. The van der Waals surface area contributed by atoms with Crippen LogP contribution in [0.2, 0.25) is 0 Å². The van der Waals surface area contributed by atoms with Gasteiger partial charge in [0.15, 0.2) is 5.65 Å². The van der Waals surface area contributed by atoms with Crippen LogP contribution in [0, 0.1) is 6.92 Å². The first-order valence-corrected chi connectivity index (χ1v) is 11.9. The van der Waals surface area contributed by atoms with Gasteiger partial charge in [0.05, 0.1) is 31.1 Å². The lowest BCUT2D eigenvalue weighted by Gasteiger charge is -2.33. The number of hydrogen-bond acceptors (Lipinski definition) is 6. The predicted molar refractivity (Wildman–Crippen MR) is 120 cm³/mol. The Morgan fingerprint density at radius 1 is 1.06 bits per heavy atom. The zero-order valence-electron chi connectivity index (χ0n) is 18.8. The lowest BCUT2D eigenvalue weighted by molar-refractivity contribution is -0.0383. The number of ether oxygens (including phenoxy) is 1. The van der Waals surface area contributed by atoms with E-state index in [-0.39, 0.29) is 24.9 Å². The molecule has 7 nitrogen and oxygen atoms in total. The zero-order valence-corrected chi connectivity index (χ0v) is 18.8.